The standard InChI is InChI=1S/C21H19FN2O4S/c1-11-4-9-15(10-16(11)22)24-12(2)17(20(27)28-3)18(23-21(24)29)13-5-7-14(8-6-13)19(25)26/h4-10,18H,1-3H3,(H,23,29)(H,25,26). The molecule has 0 amide bonds. The van der Waals surface area contributed by atoms with Crippen LogP contribution < -0.4 is 10.2 Å². The van der Waals surface area contributed by atoms with Crippen LogP contribution >= 0.6 is 12.2 Å². The van der Waals surface area contributed by atoms with Gasteiger partial charge in [0.2, 0.25) is 0 Å². The number of aromatic carboxylic acids is 1. The van der Waals surface area contributed by atoms with Gasteiger partial charge in [-0.1, -0.05) is 18.2 Å². The minimum absolute atomic E-state index is 0.129. The lowest BCUT2D eigenvalue weighted by Gasteiger charge is -2.37. The van der Waals surface area contributed by atoms with Crippen LogP contribution in [0, 0.1) is 12.7 Å². The van der Waals surface area contributed by atoms with E-state index in [1.165, 1.54) is 25.3 Å². The minimum atomic E-state index is -1.05. The number of carboxylic acids is 1. The van der Waals surface area contributed by atoms with Gasteiger partial charge in [0.25, 0.3) is 0 Å². The zero-order valence-electron chi connectivity index (χ0n) is 16.0. The van der Waals surface area contributed by atoms with Gasteiger partial charge in [-0.05, 0) is 61.5 Å². The lowest BCUT2D eigenvalue weighted by atomic mass is 9.94. The lowest BCUT2D eigenvalue weighted by Crippen LogP contribution is -2.48. The Bertz CT molecular complexity index is 1030. The molecule has 3 rings (SSSR count). The van der Waals surface area contributed by atoms with Crippen LogP contribution in [0.15, 0.2) is 53.7 Å². The Hall–Kier alpha value is -3.26. The Morgan fingerprint density at radius 3 is 2.38 bits per heavy atom. The van der Waals surface area contributed by atoms with Gasteiger partial charge in [0.05, 0.1) is 30.0 Å². The van der Waals surface area contributed by atoms with Gasteiger partial charge < -0.3 is 15.2 Å². The van der Waals surface area contributed by atoms with Crippen molar-refractivity contribution < 1.29 is 23.8 Å². The number of aryl methyl sites for hydroxylation is 1. The third-order valence-electron chi connectivity index (χ3n) is 4.79. The number of ether oxygens (including phenoxy) is 1. The first kappa shape index (κ1) is 20.5. The summed E-state index contributed by atoms with van der Waals surface area (Å²) in [6.07, 6.45) is 0. The number of esters is 1. The van der Waals surface area contributed by atoms with Crippen LogP contribution in [0.25, 0.3) is 0 Å². The smallest absolute Gasteiger partial charge is 0.337 e. The van der Waals surface area contributed by atoms with E-state index in [2.05, 4.69) is 5.32 Å². The number of hydrogen-bond acceptors (Lipinski definition) is 4. The molecule has 150 valence electrons. The van der Waals surface area contributed by atoms with Crippen LogP contribution in [0.3, 0.4) is 0 Å². The number of carbonyl (C=O) groups excluding carboxylic acids is 1. The number of methoxy groups -OCH3 is 1. The molecule has 0 saturated carbocycles. The van der Waals surface area contributed by atoms with E-state index in [1.54, 1.807) is 43.0 Å². The predicted octanol–water partition coefficient (Wildman–Crippen LogP) is 3.72. The summed E-state index contributed by atoms with van der Waals surface area (Å²) in [4.78, 5) is 25.3. The summed E-state index contributed by atoms with van der Waals surface area (Å²) in [5.74, 6) is -2.00. The lowest BCUT2D eigenvalue weighted by molar-refractivity contribution is -0.136. The van der Waals surface area contributed by atoms with Crippen LogP contribution in [0.2, 0.25) is 0 Å². The average molecular weight is 414 g/mol. The summed E-state index contributed by atoms with van der Waals surface area (Å²) >= 11 is 5.49. The molecule has 8 heteroatoms. The summed E-state index contributed by atoms with van der Waals surface area (Å²) in [6, 6.07) is 10.2. The second-order valence-corrected chi connectivity index (χ2v) is 6.96. The topological polar surface area (TPSA) is 78.9 Å². The van der Waals surface area contributed by atoms with E-state index >= 15 is 0 Å². The van der Waals surface area contributed by atoms with Gasteiger partial charge in [-0.15, -0.1) is 0 Å². The minimum Gasteiger partial charge on any atom is -0.478 e. The molecule has 1 heterocycles. The number of benzene rings is 2. The largest absolute Gasteiger partial charge is 0.478 e. The molecule has 0 bridgehead atoms. The first-order chi connectivity index (χ1) is 13.7. The fraction of sp³-hybridized carbons (Fsp3) is 0.190. The molecular weight excluding hydrogens is 395 g/mol. The fourth-order valence-corrected chi connectivity index (χ4v) is 3.58. The monoisotopic (exact) mass is 414 g/mol. The summed E-state index contributed by atoms with van der Waals surface area (Å²) in [7, 11) is 1.27. The highest BCUT2D eigenvalue weighted by atomic mass is 32.1. The number of carboxylic acid groups (broad SMARTS) is 1. The molecule has 29 heavy (non-hydrogen) atoms. The molecule has 1 atom stereocenters. The molecule has 0 spiro atoms. The summed E-state index contributed by atoms with van der Waals surface area (Å²) < 4.78 is 19.1. The molecule has 0 saturated heterocycles. The summed E-state index contributed by atoms with van der Waals surface area (Å²) in [5.41, 5.74) is 2.54. The molecular formula is C21H19FN2O4S. The van der Waals surface area contributed by atoms with E-state index < -0.39 is 18.0 Å². The maximum Gasteiger partial charge on any atom is 0.337 e. The first-order valence-electron chi connectivity index (χ1n) is 8.73. The third kappa shape index (κ3) is 3.84. The molecule has 1 aliphatic heterocycles. The van der Waals surface area contributed by atoms with Crippen LogP contribution in [0.1, 0.15) is 34.5 Å². The molecule has 0 aromatic heterocycles. The summed E-state index contributed by atoms with van der Waals surface area (Å²) in [5, 5.41) is 12.5. The molecule has 2 aromatic rings. The van der Waals surface area contributed by atoms with Gasteiger partial charge in [-0.2, -0.15) is 0 Å². The average Bonchev–Trinajstić information content (AvgIpc) is 2.69. The zero-order valence-corrected chi connectivity index (χ0v) is 16.8. The van der Waals surface area contributed by atoms with Crippen molar-refractivity contribution >= 4 is 35.0 Å². The van der Waals surface area contributed by atoms with E-state index in [1.807, 2.05) is 0 Å². The number of nitrogens with zero attached hydrogens (tertiary/aromatic N) is 1. The van der Waals surface area contributed by atoms with Gasteiger partial charge in [0.15, 0.2) is 5.11 Å². The maximum absolute atomic E-state index is 14.1. The van der Waals surface area contributed by atoms with Crippen molar-refractivity contribution in [1.29, 1.82) is 0 Å². The van der Waals surface area contributed by atoms with Crippen molar-refractivity contribution in [2.75, 3.05) is 12.0 Å². The second-order valence-electron chi connectivity index (χ2n) is 6.57. The Balaban J connectivity index is 2.11. The molecule has 0 aliphatic carbocycles. The second kappa shape index (κ2) is 8.00. The molecule has 1 aliphatic rings. The zero-order chi connectivity index (χ0) is 21.3. The molecule has 0 radical (unpaired) electrons. The number of hydrogen-bond donors (Lipinski definition) is 2. The van der Waals surface area contributed by atoms with Gasteiger partial charge in [-0.3, -0.25) is 4.90 Å². The normalized spacial score (nSPS) is 16.5. The Kier molecular flexibility index (Phi) is 5.65. The number of carbonyl (C=O) groups is 2. The molecule has 2 N–H and O–H groups in total. The van der Waals surface area contributed by atoms with E-state index in [4.69, 9.17) is 22.1 Å². The van der Waals surface area contributed by atoms with Gasteiger partial charge in [-0.25, -0.2) is 14.0 Å². The van der Waals surface area contributed by atoms with Crippen molar-refractivity contribution in [1.82, 2.24) is 5.32 Å². The number of rotatable bonds is 4. The van der Waals surface area contributed by atoms with Gasteiger partial charge in [0, 0.05) is 5.70 Å². The highest BCUT2D eigenvalue weighted by Gasteiger charge is 2.35. The van der Waals surface area contributed by atoms with Crippen molar-refractivity contribution in [2.45, 2.75) is 19.9 Å². The Labute approximate surface area is 172 Å². The highest BCUT2D eigenvalue weighted by molar-refractivity contribution is 7.80. The Morgan fingerprint density at radius 2 is 1.83 bits per heavy atom. The Morgan fingerprint density at radius 1 is 1.17 bits per heavy atom. The quantitative estimate of drug-likeness (QED) is 0.583. The van der Waals surface area contributed by atoms with Crippen LogP contribution in [0.4, 0.5) is 10.1 Å². The number of halogens is 1. The first-order valence-corrected chi connectivity index (χ1v) is 9.14. The van der Waals surface area contributed by atoms with Crippen LogP contribution in [0.5, 0.6) is 0 Å². The van der Waals surface area contributed by atoms with Gasteiger partial charge >= 0.3 is 11.9 Å². The van der Waals surface area contributed by atoms with Crippen LogP contribution in [-0.2, 0) is 9.53 Å². The maximum atomic E-state index is 14.1. The predicted molar refractivity (Wildman–Crippen MR) is 110 cm³/mol. The van der Waals surface area contributed by atoms with Crippen LogP contribution in [-0.4, -0.2) is 29.3 Å². The highest BCUT2D eigenvalue weighted by Crippen LogP contribution is 2.34. The van der Waals surface area contributed by atoms with E-state index in [0.29, 0.717) is 28.1 Å². The molecule has 2 aromatic carbocycles. The number of anilines is 1. The molecule has 1 unspecified atom stereocenters. The van der Waals surface area contributed by atoms with Gasteiger partial charge in [0.1, 0.15) is 5.82 Å². The van der Waals surface area contributed by atoms with Crippen molar-refractivity contribution in [2.24, 2.45) is 0 Å². The fourth-order valence-electron chi connectivity index (χ4n) is 3.22. The molecule has 6 nitrogen and oxygen atoms in total. The van der Waals surface area contributed by atoms with E-state index in [9.17, 15) is 14.0 Å². The summed E-state index contributed by atoms with van der Waals surface area (Å²) in [6.45, 7) is 3.36. The number of allylic oxidation sites excluding steroid dienone is 1. The van der Waals surface area contributed by atoms with Crippen molar-refractivity contribution in [3.63, 3.8) is 0 Å². The van der Waals surface area contributed by atoms with Crippen molar-refractivity contribution in [3.8, 4) is 0 Å². The molecule has 0 fully saturated rings. The van der Waals surface area contributed by atoms with Crippen molar-refractivity contribution in [3.05, 3.63) is 76.2 Å². The van der Waals surface area contributed by atoms with E-state index in [-0.39, 0.29) is 16.5 Å². The van der Waals surface area contributed by atoms with E-state index in [0.717, 1.165) is 0 Å². The number of nitrogens with one attached hydrogen (secondary N) is 1. The third-order valence-corrected chi connectivity index (χ3v) is 5.10. The number of thiocarbonyl (C=S) groups is 1. The SMILES string of the molecule is COC(=O)C1=C(C)N(c2ccc(C)c(F)c2)C(=S)NC1c1ccc(C(=O)O)cc1.